The zero-order valence-corrected chi connectivity index (χ0v) is 53.1. The molecule has 13 rings (SSSR count). The monoisotopic (exact) mass is 1140 g/mol. The summed E-state index contributed by atoms with van der Waals surface area (Å²) in [6, 6.07) is 36.4. The molecule has 3 saturated heterocycles. The van der Waals surface area contributed by atoms with Gasteiger partial charge in [-0.15, -0.1) is 0 Å². The maximum Gasteiger partial charge on any atom is 0.123 e. The van der Waals surface area contributed by atoms with Gasteiger partial charge in [0.1, 0.15) is 34.2 Å². The molecule has 0 aromatic heterocycles. The molecule has 5 aromatic carbocycles. The van der Waals surface area contributed by atoms with E-state index >= 15 is 0 Å². The van der Waals surface area contributed by atoms with Gasteiger partial charge in [0, 0.05) is 48.6 Å². The van der Waals surface area contributed by atoms with Gasteiger partial charge in [0.25, 0.3) is 0 Å². The summed E-state index contributed by atoms with van der Waals surface area (Å²) in [4.78, 5) is 7.56. The van der Waals surface area contributed by atoms with E-state index in [-0.39, 0.29) is 47.0 Å². The van der Waals surface area contributed by atoms with E-state index in [1.165, 1.54) is 108 Å². The number of rotatable bonds is 12. The molecule has 8 aliphatic rings. The minimum Gasteiger partial charge on any atom is -0.493 e. The number of nitrogens with zero attached hydrogens (tertiary/aromatic N) is 3. The maximum atomic E-state index is 7.36. The number of fused-ring (bicyclic) bond motifs is 5. The van der Waals surface area contributed by atoms with Crippen molar-refractivity contribution >= 4 is 0 Å². The topological polar surface area (TPSA) is 70.7 Å². The first kappa shape index (κ1) is 58.1. The predicted octanol–water partition coefficient (Wildman–Crippen LogP) is 15.5. The van der Waals surface area contributed by atoms with Crippen LogP contribution in [0.2, 0.25) is 0 Å². The molecule has 5 aromatic rings. The highest BCUT2D eigenvalue weighted by Crippen LogP contribution is 2.65. The number of hydrogen-bond donors (Lipinski definition) is 2. The van der Waals surface area contributed by atoms with Gasteiger partial charge in [0.05, 0.1) is 13.2 Å². The van der Waals surface area contributed by atoms with Gasteiger partial charge >= 0.3 is 0 Å². The van der Waals surface area contributed by atoms with E-state index in [4.69, 9.17) is 18.9 Å². The van der Waals surface area contributed by atoms with Crippen molar-refractivity contribution in [1.82, 2.24) is 25.3 Å². The zero-order valence-electron chi connectivity index (χ0n) is 53.1. The SMILES string of the molecule is CNCc1ccc2c(c1)OC(C)(C)CC2C1c2cc(CN(C)C)cc(C3c4ccc(C5CCCCN5C)cc4OCC3C(C)C)c2CC(C2CC(C)(C)Oc3cc(C4CCCCN4C)ccc32)C1C1CCOc2cc(C3CCCCN3)ccc21. The first-order valence-electron chi connectivity index (χ1n) is 33.3. The molecule has 9 nitrogen and oxygen atoms in total. The fourth-order valence-corrected chi connectivity index (χ4v) is 18.2. The van der Waals surface area contributed by atoms with E-state index in [0.29, 0.717) is 30.0 Å². The third-order valence-electron chi connectivity index (χ3n) is 22.1. The molecule has 7 heterocycles. The van der Waals surface area contributed by atoms with Gasteiger partial charge in [-0.25, -0.2) is 0 Å². The largest absolute Gasteiger partial charge is 0.493 e. The van der Waals surface area contributed by atoms with Gasteiger partial charge in [0.15, 0.2) is 0 Å². The molecule has 0 radical (unpaired) electrons. The highest BCUT2D eigenvalue weighted by Gasteiger charge is 2.54. The third kappa shape index (κ3) is 11.3. The second-order valence-corrected chi connectivity index (χ2v) is 29.5. The summed E-state index contributed by atoms with van der Waals surface area (Å²) >= 11 is 0. The molecule has 11 atom stereocenters. The van der Waals surface area contributed by atoms with Gasteiger partial charge < -0.3 is 34.5 Å². The van der Waals surface area contributed by atoms with Crippen molar-refractivity contribution in [3.05, 3.63) is 152 Å². The number of nitrogens with one attached hydrogen (secondary N) is 2. The molecule has 9 heteroatoms. The van der Waals surface area contributed by atoms with Gasteiger partial charge in [0.2, 0.25) is 0 Å². The van der Waals surface area contributed by atoms with E-state index in [1.807, 2.05) is 0 Å². The highest BCUT2D eigenvalue weighted by atomic mass is 16.5. The first-order chi connectivity index (χ1) is 40.5. The Hall–Kier alpha value is -4.90. The highest BCUT2D eigenvalue weighted by molar-refractivity contribution is 5.57. The van der Waals surface area contributed by atoms with E-state index in [9.17, 15) is 0 Å². The second-order valence-electron chi connectivity index (χ2n) is 29.5. The third-order valence-corrected chi connectivity index (χ3v) is 22.1. The Labute approximate surface area is 505 Å². The van der Waals surface area contributed by atoms with Crippen molar-refractivity contribution in [1.29, 1.82) is 0 Å². The molecule has 1 aliphatic carbocycles. The molecule has 84 heavy (non-hydrogen) atoms. The summed E-state index contributed by atoms with van der Waals surface area (Å²) in [5.74, 6) is 6.66. The number of ether oxygens (including phenoxy) is 4. The van der Waals surface area contributed by atoms with Crippen LogP contribution in [0.1, 0.15) is 233 Å². The van der Waals surface area contributed by atoms with Crippen LogP contribution in [0.3, 0.4) is 0 Å². The van der Waals surface area contributed by atoms with Gasteiger partial charge in [-0.05, 0) is 274 Å². The Morgan fingerprint density at radius 2 is 1.20 bits per heavy atom. The Morgan fingerprint density at radius 1 is 0.607 bits per heavy atom. The van der Waals surface area contributed by atoms with Crippen molar-refractivity contribution in [2.24, 2.45) is 23.7 Å². The maximum absolute atomic E-state index is 7.36. The van der Waals surface area contributed by atoms with Crippen LogP contribution in [0.4, 0.5) is 0 Å². The van der Waals surface area contributed by atoms with E-state index in [1.54, 1.807) is 16.7 Å². The van der Waals surface area contributed by atoms with Crippen LogP contribution >= 0.6 is 0 Å². The molecule has 0 spiro atoms. The minimum atomic E-state index is -0.393. The lowest BCUT2D eigenvalue weighted by Gasteiger charge is -2.54. The van der Waals surface area contributed by atoms with Gasteiger partial charge in [-0.2, -0.15) is 0 Å². The van der Waals surface area contributed by atoms with Crippen molar-refractivity contribution < 1.29 is 18.9 Å². The molecular formula is C75H101N5O4. The smallest absolute Gasteiger partial charge is 0.123 e. The fourth-order valence-electron chi connectivity index (χ4n) is 18.2. The summed E-state index contributed by atoms with van der Waals surface area (Å²) in [5, 5.41) is 7.35. The van der Waals surface area contributed by atoms with Crippen LogP contribution in [-0.4, -0.2) is 94.0 Å². The van der Waals surface area contributed by atoms with Gasteiger partial charge in [-0.3, -0.25) is 9.80 Å². The Balaban J connectivity index is 1.07. The Morgan fingerprint density at radius 3 is 1.87 bits per heavy atom. The Kier molecular flexibility index (Phi) is 16.4. The normalized spacial score (nSPS) is 30.1. The minimum absolute atomic E-state index is 0.165. The quantitative estimate of drug-likeness (QED) is 0.127. The van der Waals surface area contributed by atoms with Crippen LogP contribution < -0.4 is 29.6 Å². The summed E-state index contributed by atoms with van der Waals surface area (Å²) in [7, 11) is 11.2. The molecule has 11 unspecified atom stereocenters. The van der Waals surface area contributed by atoms with E-state index < -0.39 is 5.60 Å². The number of benzene rings is 5. The second kappa shape index (κ2) is 23.7. The van der Waals surface area contributed by atoms with Crippen molar-refractivity contribution in [3.8, 4) is 23.0 Å². The summed E-state index contributed by atoms with van der Waals surface area (Å²) in [6.07, 6.45) is 15.0. The van der Waals surface area contributed by atoms with Crippen molar-refractivity contribution in [2.75, 3.05) is 68.1 Å². The summed E-state index contributed by atoms with van der Waals surface area (Å²) in [6.45, 7) is 20.9. The van der Waals surface area contributed by atoms with Gasteiger partial charge in [-0.1, -0.05) is 93.8 Å². The number of hydrogen-bond acceptors (Lipinski definition) is 9. The van der Waals surface area contributed by atoms with Crippen LogP contribution in [0.25, 0.3) is 0 Å². The lowest BCUT2D eigenvalue weighted by atomic mass is 9.52. The van der Waals surface area contributed by atoms with Crippen molar-refractivity contribution in [2.45, 2.75) is 197 Å². The predicted molar refractivity (Wildman–Crippen MR) is 341 cm³/mol. The molecule has 3 fully saturated rings. The molecule has 2 N–H and O–H groups in total. The molecule has 0 bridgehead atoms. The lowest BCUT2D eigenvalue weighted by Crippen LogP contribution is -2.47. The molecule has 0 amide bonds. The first-order valence-corrected chi connectivity index (χ1v) is 33.3. The molecule has 7 aliphatic heterocycles. The lowest BCUT2D eigenvalue weighted by molar-refractivity contribution is 0.0277. The summed E-state index contributed by atoms with van der Waals surface area (Å²) in [5.41, 5.74) is 16.4. The van der Waals surface area contributed by atoms with E-state index in [0.717, 1.165) is 94.6 Å². The van der Waals surface area contributed by atoms with Crippen LogP contribution in [-0.2, 0) is 19.5 Å². The number of likely N-dealkylation sites (tertiary alicyclic amines) is 2. The van der Waals surface area contributed by atoms with E-state index in [2.05, 4.69) is 187 Å². The van der Waals surface area contributed by atoms with Crippen LogP contribution in [0.5, 0.6) is 23.0 Å². The standard InChI is InChI=1S/C75H101N5O4/c1-46(2)63-45-82-68-38-50(65-19-13-16-31-79(65)10)24-28-56(68)71(63)58-34-48(44-78(8)9)35-59-57(58)40-60(61-41-74(3,4)84-70-39-51(23-27-53(61)70)66-20-14-17-32-80(66)11)72(55-29-33-81-67-37-49(22-26-52(55)67)64-18-12-15-30-77-64)73(59)62-42-75(5,6)83-69-36-47(43-76-7)21-25-54(62)69/h21-28,34-39,46,55,60-66,71-73,76-77H,12-20,29-33,40-45H2,1-11H3. The fraction of sp³-hybridized carbons (Fsp3) is 0.600. The zero-order chi connectivity index (χ0) is 58.2. The summed E-state index contributed by atoms with van der Waals surface area (Å²) < 4.78 is 28.7. The van der Waals surface area contributed by atoms with Crippen LogP contribution in [0, 0.1) is 23.7 Å². The molecular weight excluding hydrogens is 1030 g/mol. The molecule has 450 valence electrons. The van der Waals surface area contributed by atoms with Crippen molar-refractivity contribution in [3.63, 3.8) is 0 Å². The average Bonchev–Trinajstić information content (AvgIpc) is 0.940. The molecule has 0 saturated carbocycles. The Bertz CT molecular complexity index is 3180. The number of piperidine rings is 3. The van der Waals surface area contributed by atoms with Crippen LogP contribution in [0.15, 0.2) is 84.9 Å². The average molecular weight is 1140 g/mol.